The molecule has 3 rings (SSSR count). The maximum absolute atomic E-state index is 10.8. The molecule has 6 nitrogen and oxygen atoms in total. The molecule has 22 heavy (non-hydrogen) atoms. The Hall–Kier alpha value is -3.15. The van der Waals surface area contributed by atoms with Gasteiger partial charge in [-0.2, -0.15) is 10.2 Å². The maximum atomic E-state index is 10.8. The summed E-state index contributed by atoms with van der Waals surface area (Å²) >= 11 is 0. The third-order valence-corrected chi connectivity index (χ3v) is 3.09. The summed E-state index contributed by atoms with van der Waals surface area (Å²) in [6.45, 7) is 0.424. The lowest BCUT2D eigenvalue weighted by Crippen LogP contribution is -1.94. The Labute approximate surface area is 126 Å². The Kier molecular flexibility index (Phi) is 3.82. The molecule has 2 aromatic carbocycles. The summed E-state index contributed by atoms with van der Waals surface area (Å²) in [5.74, 6) is -0.958. The molecule has 1 heterocycles. The molecular formula is C16H12N4O2. The molecule has 0 atom stereocenters. The van der Waals surface area contributed by atoms with E-state index < -0.39 is 5.97 Å². The van der Waals surface area contributed by atoms with E-state index >= 15 is 0 Å². The van der Waals surface area contributed by atoms with Gasteiger partial charge < -0.3 is 5.11 Å². The van der Waals surface area contributed by atoms with Gasteiger partial charge in [0.1, 0.15) is 0 Å². The first-order valence-electron chi connectivity index (χ1n) is 6.63. The maximum Gasteiger partial charge on any atom is 0.335 e. The van der Waals surface area contributed by atoms with Crippen molar-refractivity contribution < 1.29 is 9.90 Å². The number of hydrogen-bond acceptors (Lipinski definition) is 5. The lowest BCUT2D eigenvalue weighted by molar-refractivity contribution is 0.0697. The van der Waals surface area contributed by atoms with E-state index in [0.717, 1.165) is 16.6 Å². The number of benzene rings is 2. The van der Waals surface area contributed by atoms with Crippen LogP contribution < -0.4 is 0 Å². The number of carbonyl (C=O) groups is 1. The fourth-order valence-corrected chi connectivity index (χ4v) is 1.98. The van der Waals surface area contributed by atoms with Crippen LogP contribution in [0.5, 0.6) is 0 Å². The monoisotopic (exact) mass is 292 g/mol. The van der Waals surface area contributed by atoms with Gasteiger partial charge in [-0.3, -0.25) is 9.97 Å². The van der Waals surface area contributed by atoms with Gasteiger partial charge in [0, 0.05) is 12.4 Å². The topological polar surface area (TPSA) is 87.8 Å². The third kappa shape index (κ3) is 3.12. The SMILES string of the molecule is O=C(O)c1ccc(N=NCc2ccc3nccnc3c2)cc1. The van der Waals surface area contributed by atoms with E-state index in [9.17, 15) is 4.79 Å². The van der Waals surface area contributed by atoms with Gasteiger partial charge in [0.2, 0.25) is 0 Å². The van der Waals surface area contributed by atoms with Crippen LogP contribution >= 0.6 is 0 Å². The van der Waals surface area contributed by atoms with Gasteiger partial charge in [-0.15, -0.1) is 0 Å². The van der Waals surface area contributed by atoms with E-state index in [1.54, 1.807) is 24.5 Å². The first-order valence-corrected chi connectivity index (χ1v) is 6.63. The molecule has 0 fully saturated rings. The van der Waals surface area contributed by atoms with Crippen LogP contribution in [0.2, 0.25) is 0 Å². The number of fused-ring (bicyclic) bond motifs is 1. The normalized spacial score (nSPS) is 11.1. The molecule has 0 unspecified atom stereocenters. The van der Waals surface area contributed by atoms with Gasteiger partial charge in [-0.25, -0.2) is 4.79 Å². The molecule has 0 saturated heterocycles. The van der Waals surface area contributed by atoms with Gasteiger partial charge in [0.15, 0.2) is 0 Å². The average Bonchev–Trinajstić information content (AvgIpc) is 2.55. The van der Waals surface area contributed by atoms with Gasteiger partial charge in [0.05, 0.1) is 28.8 Å². The Morgan fingerprint density at radius 3 is 2.45 bits per heavy atom. The van der Waals surface area contributed by atoms with Crippen molar-refractivity contribution in [3.05, 3.63) is 66.0 Å². The minimum atomic E-state index is -0.958. The van der Waals surface area contributed by atoms with E-state index in [1.165, 1.54) is 12.1 Å². The van der Waals surface area contributed by atoms with E-state index in [0.29, 0.717) is 12.2 Å². The molecule has 0 aliphatic heterocycles. The van der Waals surface area contributed by atoms with E-state index in [-0.39, 0.29) is 5.56 Å². The van der Waals surface area contributed by atoms with Crippen molar-refractivity contribution in [3.8, 4) is 0 Å². The quantitative estimate of drug-likeness (QED) is 0.744. The molecular weight excluding hydrogens is 280 g/mol. The largest absolute Gasteiger partial charge is 0.478 e. The fourth-order valence-electron chi connectivity index (χ4n) is 1.98. The number of aromatic nitrogens is 2. The van der Waals surface area contributed by atoms with Crippen LogP contribution in [-0.2, 0) is 6.54 Å². The van der Waals surface area contributed by atoms with Crippen molar-refractivity contribution in [1.82, 2.24) is 9.97 Å². The highest BCUT2D eigenvalue weighted by Gasteiger charge is 2.01. The standard InChI is InChI=1S/C16H12N4O2/c21-16(22)12-2-4-13(5-3-12)20-19-10-11-1-6-14-15(9-11)18-8-7-17-14/h1-9H,10H2,(H,21,22). The highest BCUT2D eigenvalue weighted by Crippen LogP contribution is 2.16. The number of rotatable bonds is 4. The van der Waals surface area contributed by atoms with Crippen LogP contribution in [-0.4, -0.2) is 21.0 Å². The van der Waals surface area contributed by atoms with Crippen molar-refractivity contribution in [2.75, 3.05) is 0 Å². The summed E-state index contributed by atoms with van der Waals surface area (Å²) in [4.78, 5) is 19.2. The zero-order valence-corrected chi connectivity index (χ0v) is 11.5. The zero-order valence-electron chi connectivity index (χ0n) is 11.5. The van der Waals surface area contributed by atoms with Gasteiger partial charge in [-0.1, -0.05) is 6.07 Å². The molecule has 0 amide bonds. The molecule has 3 aromatic rings. The molecule has 1 aromatic heterocycles. The number of nitrogens with zero attached hydrogens (tertiary/aromatic N) is 4. The van der Waals surface area contributed by atoms with E-state index in [2.05, 4.69) is 20.2 Å². The fraction of sp³-hybridized carbons (Fsp3) is 0.0625. The zero-order chi connectivity index (χ0) is 15.4. The van der Waals surface area contributed by atoms with Crippen LogP contribution in [0.15, 0.2) is 65.1 Å². The number of carboxylic acids is 1. The predicted molar refractivity (Wildman–Crippen MR) is 81.2 cm³/mol. The first-order chi connectivity index (χ1) is 10.7. The van der Waals surface area contributed by atoms with Crippen molar-refractivity contribution >= 4 is 22.7 Å². The molecule has 0 spiro atoms. The van der Waals surface area contributed by atoms with Gasteiger partial charge in [-0.05, 0) is 42.0 Å². The van der Waals surface area contributed by atoms with Crippen LogP contribution in [0.1, 0.15) is 15.9 Å². The Morgan fingerprint density at radius 2 is 1.73 bits per heavy atom. The number of carboxylic acid groups (broad SMARTS) is 1. The number of azo groups is 1. The van der Waals surface area contributed by atoms with E-state index in [4.69, 9.17) is 5.11 Å². The second kappa shape index (κ2) is 6.09. The summed E-state index contributed by atoms with van der Waals surface area (Å²) in [6.07, 6.45) is 3.31. The molecule has 0 radical (unpaired) electrons. The minimum Gasteiger partial charge on any atom is -0.478 e. The highest BCUT2D eigenvalue weighted by molar-refractivity contribution is 5.87. The minimum absolute atomic E-state index is 0.229. The molecule has 1 N–H and O–H groups in total. The Morgan fingerprint density at radius 1 is 1.00 bits per heavy atom. The lowest BCUT2D eigenvalue weighted by Gasteiger charge is -1.99. The van der Waals surface area contributed by atoms with Crippen molar-refractivity contribution in [1.29, 1.82) is 0 Å². The molecule has 0 bridgehead atoms. The molecule has 0 saturated carbocycles. The van der Waals surface area contributed by atoms with Crippen LogP contribution in [0.4, 0.5) is 5.69 Å². The number of hydrogen-bond donors (Lipinski definition) is 1. The van der Waals surface area contributed by atoms with Crippen molar-refractivity contribution in [2.45, 2.75) is 6.54 Å². The van der Waals surface area contributed by atoms with Crippen molar-refractivity contribution in [2.24, 2.45) is 10.2 Å². The van der Waals surface area contributed by atoms with Crippen LogP contribution in [0.25, 0.3) is 11.0 Å². The molecule has 0 aliphatic carbocycles. The second-order valence-electron chi connectivity index (χ2n) is 4.63. The molecule has 0 aliphatic rings. The van der Waals surface area contributed by atoms with Crippen LogP contribution in [0, 0.1) is 0 Å². The smallest absolute Gasteiger partial charge is 0.335 e. The van der Waals surface area contributed by atoms with Crippen LogP contribution in [0.3, 0.4) is 0 Å². The molecule has 108 valence electrons. The van der Waals surface area contributed by atoms with Gasteiger partial charge >= 0.3 is 5.97 Å². The first kappa shape index (κ1) is 13.8. The number of aromatic carboxylic acids is 1. The predicted octanol–water partition coefficient (Wildman–Crippen LogP) is 3.61. The van der Waals surface area contributed by atoms with Gasteiger partial charge in [0.25, 0.3) is 0 Å². The summed E-state index contributed by atoms with van der Waals surface area (Å²) in [7, 11) is 0. The highest BCUT2D eigenvalue weighted by atomic mass is 16.4. The lowest BCUT2D eigenvalue weighted by atomic mass is 10.2. The Balaban J connectivity index is 1.71. The average molecular weight is 292 g/mol. The summed E-state index contributed by atoms with van der Waals surface area (Å²) in [6, 6.07) is 12.0. The third-order valence-electron chi connectivity index (χ3n) is 3.09. The summed E-state index contributed by atoms with van der Waals surface area (Å²) in [5.41, 5.74) is 3.49. The summed E-state index contributed by atoms with van der Waals surface area (Å²) < 4.78 is 0. The summed E-state index contributed by atoms with van der Waals surface area (Å²) in [5, 5.41) is 17.0. The second-order valence-corrected chi connectivity index (χ2v) is 4.63. The Bertz CT molecular complexity index is 844. The molecule has 6 heteroatoms. The van der Waals surface area contributed by atoms with E-state index in [1.807, 2.05) is 18.2 Å². The van der Waals surface area contributed by atoms with Crippen molar-refractivity contribution in [3.63, 3.8) is 0 Å².